The zero-order chi connectivity index (χ0) is 15.5. The molecule has 2 unspecified atom stereocenters. The third-order valence-electron chi connectivity index (χ3n) is 3.46. The minimum Gasteiger partial charge on any atom is -0.481 e. The van der Waals surface area contributed by atoms with Crippen molar-refractivity contribution in [3.8, 4) is 0 Å². The molecule has 20 heavy (non-hydrogen) atoms. The zero-order valence-electron chi connectivity index (χ0n) is 12.2. The second-order valence-corrected chi connectivity index (χ2v) is 5.38. The lowest BCUT2D eigenvalue weighted by Crippen LogP contribution is -2.53. The molecule has 8 nitrogen and oxygen atoms in total. The van der Waals surface area contributed by atoms with Gasteiger partial charge in [-0.15, -0.1) is 0 Å². The molecule has 0 saturated carbocycles. The van der Waals surface area contributed by atoms with Gasteiger partial charge in [0.25, 0.3) is 0 Å². The maximum atomic E-state index is 12.0. The van der Waals surface area contributed by atoms with Crippen LogP contribution in [0.4, 0.5) is 4.79 Å². The Morgan fingerprint density at radius 3 is 2.45 bits per heavy atom. The van der Waals surface area contributed by atoms with Crippen LogP contribution < -0.4 is 5.32 Å². The number of urea groups is 1. The van der Waals surface area contributed by atoms with E-state index in [1.165, 1.54) is 23.8 Å². The molecule has 3 amide bonds. The number of ether oxygens (including phenoxy) is 1. The lowest BCUT2D eigenvalue weighted by Gasteiger charge is -2.28. The second-order valence-electron chi connectivity index (χ2n) is 5.38. The van der Waals surface area contributed by atoms with Gasteiger partial charge in [-0.3, -0.25) is 9.59 Å². The summed E-state index contributed by atoms with van der Waals surface area (Å²) >= 11 is 0. The molecule has 1 heterocycles. The average molecular weight is 287 g/mol. The predicted octanol–water partition coefficient (Wildman–Crippen LogP) is -0.794. The highest BCUT2D eigenvalue weighted by Gasteiger charge is 2.47. The highest BCUT2D eigenvalue weighted by atomic mass is 16.5. The average Bonchev–Trinajstić information content (AvgIpc) is 2.72. The number of rotatable bonds is 4. The van der Waals surface area contributed by atoms with E-state index >= 15 is 0 Å². The Morgan fingerprint density at radius 2 is 1.95 bits per heavy atom. The molecule has 0 aromatic carbocycles. The van der Waals surface area contributed by atoms with Crippen LogP contribution in [0.1, 0.15) is 6.92 Å². The molecule has 1 rings (SSSR count). The van der Waals surface area contributed by atoms with Gasteiger partial charge in [0.05, 0.1) is 19.3 Å². The van der Waals surface area contributed by atoms with Crippen LogP contribution in [-0.4, -0.2) is 79.8 Å². The summed E-state index contributed by atoms with van der Waals surface area (Å²) < 4.78 is 5.14. The molecule has 1 saturated heterocycles. The lowest BCUT2D eigenvalue weighted by atomic mass is 9.85. The van der Waals surface area contributed by atoms with E-state index in [0.717, 1.165) is 0 Å². The molecule has 0 radical (unpaired) electrons. The number of nitrogens with zero attached hydrogens (tertiary/aromatic N) is 2. The van der Waals surface area contributed by atoms with Gasteiger partial charge in [-0.05, 0) is 6.92 Å². The van der Waals surface area contributed by atoms with Crippen LogP contribution in [-0.2, 0) is 14.3 Å². The minimum absolute atomic E-state index is 0.0492. The van der Waals surface area contributed by atoms with Gasteiger partial charge in [-0.25, -0.2) is 4.79 Å². The number of amides is 3. The van der Waals surface area contributed by atoms with Crippen molar-refractivity contribution in [1.82, 2.24) is 15.1 Å². The highest BCUT2D eigenvalue weighted by Crippen LogP contribution is 2.28. The summed E-state index contributed by atoms with van der Waals surface area (Å²) in [5.41, 5.74) is -1.15. The van der Waals surface area contributed by atoms with Gasteiger partial charge in [-0.2, -0.15) is 0 Å². The number of aliphatic carboxylic acids is 1. The summed E-state index contributed by atoms with van der Waals surface area (Å²) in [7, 11) is 4.67. The van der Waals surface area contributed by atoms with Crippen molar-refractivity contribution in [3.63, 3.8) is 0 Å². The Balaban J connectivity index is 2.62. The molecule has 8 heteroatoms. The van der Waals surface area contributed by atoms with Gasteiger partial charge < -0.3 is 25.0 Å². The van der Waals surface area contributed by atoms with Crippen molar-refractivity contribution in [2.24, 2.45) is 5.41 Å². The Hall–Kier alpha value is -1.83. The number of hydrogen-bond acceptors (Lipinski definition) is 4. The van der Waals surface area contributed by atoms with Crippen molar-refractivity contribution in [1.29, 1.82) is 0 Å². The fourth-order valence-corrected chi connectivity index (χ4v) is 1.76. The fraction of sp³-hybridized carbons (Fsp3) is 0.750. The third kappa shape index (κ3) is 3.38. The van der Waals surface area contributed by atoms with Gasteiger partial charge in [0.15, 0.2) is 0 Å². The molecule has 1 aliphatic rings. The maximum absolute atomic E-state index is 12.0. The van der Waals surface area contributed by atoms with E-state index in [1.54, 1.807) is 14.1 Å². The first-order chi connectivity index (χ1) is 9.18. The first kappa shape index (κ1) is 16.2. The smallest absolute Gasteiger partial charge is 0.317 e. The van der Waals surface area contributed by atoms with Gasteiger partial charge in [0, 0.05) is 21.1 Å². The summed E-state index contributed by atoms with van der Waals surface area (Å²) in [5.74, 6) is -1.24. The molecule has 2 N–H and O–H groups in total. The van der Waals surface area contributed by atoms with Crippen LogP contribution in [0.5, 0.6) is 0 Å². The summed E-state index contributed by atoms with van der Waals surface area (Å²) in [4.78, 5) is 37.3. The van der Waals surface area contributed by atoms with Crippen molar-refractivity contribution in [2.75, 3.05) is 40.9 Å². The zero-order valence-corrected chi connectivity index (χ0v) is 12.2. The Labute approximate surface area is 117 Å². The second kappa shape index (κ2) is 6.08. The van der Waals surface area contributed by atoms with Crippen molar-refractivity contribution >= 4 is 17.9 Å². The van der Waals surface area contributed by atoms with E-state index < -0.39 is 23.5 Å². The van der Waals surface area contributed by atoms with Crippen molar-refractivity contribution in [3.05, 3.63) is 0 Å². The molecule has 0 aromatic heterocycles. The first-order valence-electron chi connectivity index (χ1n) is 6.21. The number of nitrogens with one attached hydrogen (secondary N) is 1. The molecular formula is C12H21N3O5. The molecule has 1 aliphatic heterocycles. The fourth-order valence-electron chi connectivity index (χ4n) is 1.76. The van der Waals surface area contributed by atoms with Crippen LogP contribution >= 0.6 is 0 Å². The SMILES string of the molecule is CN(C)C(=O)CN(C)C(=O)NC1COCC1(C)C(=O)O. The lowest BCUT2D eigenvalue weighted by molar-refractivity contribution is -0.148. The quantitative estimate of drug-likeness (QED) is 0.705. The highest BCUT2D eigenvalue weighted by molar-refractivity contribution is 5.84. The Morgan fingerprint density at radius 1 is 1.35 bits per heavy atom. The molecule has 2 atom stereocenters. The molecule has 0 aromatic rings. The van der Waals surface area contributed by atoms with E-state index in [1.807, 2.05) is 0 Å². The maximum Gasteiger partial charge on any atom is 0.317 e. The standard InChI is InChI=1S/C12H21N3O5/c1-12(10(17)18)7-20-6-8(12)13-11(19)15(4)5-9(16)14(2)3/h8H,5-7H2,1-4H3,(H,13,19)(H,17,18). The van der Waals surface area contributed by atoms with E-state index in [9.17, 15) is 19.5 Å². The normalized spacial score (nSPS) is 25.1. The summed E-state index contributed by atoms with van der Waals surface area (Å²) in [6.45, 7) is 1.64. The summed E-state index contributed by atoms with van der Waals surface area (Å²) in [5, 5.41) is 11.8. The Bertz CT molecular complexity index is 412. The van der Waals surface area contributed by atoms with Crippen molar-refractivity contribution in [2.45, 2.75) is 13.0 Å². The predicted molar refractivity (Wildman–Crippen MR) is 70.2 cm³/mol. The van der Waals surface area contributed by atoms with Gasteiger partial charge in [0.1, 0.15) is 12.0 Å². The first-order valence-corrected chi connectivity index (χ1v) is 6.21. The van der Waals surface area contributed by atoms with Crippen LogP contribution in [0.2, 0.25) is 0 Å². The Kier molecular flexibility index (Phi) is 4.93. The number of carbonyl (C=O) groups excluding carboxylic acids is 2. The van der Waals surface area contributed by atoms with E-state index in [2.05, 4.69) is 5.32 Å². The van der Waals surface area contributed by atoms with Gasteiger partial charge in [-0.1, -0.05) is 0 Å². The topological polar surface area (TPSA) is 99.2 Å². The largest absolute Gasteiger partial charge is 0.481 e. The molecular weight excluding hydrogens is 266 g/mol. The minimum atomic E-state index is -1.15. The number of carboxylic acid groups (broad SMARTS) is 1. The van der Waals surface area contributed by atoms with E-state index in [-0.39, 0.29) is 25.7 Å². The van der Waals surface area contributed by atoms with E-state index in [4.69, 9.17) is 4.74 Å². The number of carbonyl (C=O) groups is 3. The van der Waals surface area contributed by atoms with Crippen LogP contribution in [0.25, 0.3) is 0 Å². The molecule has 0 aliphatic carbocycles. The number of carboxylic acids is 1. The molecule has 0 bridgehead atoms. The molecule has 1 fully saturated rings. The molecule has 0 spiro atoms. The van der Waals surface area contributed by atoms with E-state index in [0.29, 0.717) is 0 Å². The van der Waals surface area contributed by atoms with Crippen LogP contribution in [0.3, 0.4) is 0 Å². The van der Waals surface area contributed by atoms with Gasteiger partial charge >= 0.3 is 12.0 Å². The monoisotopic (exact) mass is 287 g/mol. The number of likely N-dealkylation sites (N-methyl/N-ethyl adjacent to an activating group) is 2. The van der Waals surface area contributed by atoms with Crippen LogP contribution in [0.15, 0.2) is 0 Å². The number of hydrogen-bond donors (Lipinski definition) is 2. The summed E-state index contributed by atoms with van der Waals surface area (Å²) in [6, 6.07) is -1.12. The van der Waals surface area contributed by atoms with Crippen molar-refractivity contribution < 1.29 is 24.2 Å². The van der Waals surface area contributed by atoms with Crippen LogP contribution in [0, 0.1) is 5.41 Å². The molecule has 114 valence electrons. The van der Waals surface area contributed by atoms with Gasteiger partial charge in [0.2, 0.25) is 5.91 Å². The third-order valence-corrected chi connectivity index (χ3v) is 3.46. The summed E-state index contributed by atoms with van der Waals surface area (Å²) in [6.07, 6.45) is 0.